The number of ether oxygens (including phenoxy) is 2. The van der Waals surface area contributed by atoms with Gasteiger partial charge in [-0.25, -0.2) is 34.1 Å². The van der Waals surface area contributed by atoms with Crippen LogP contribution in [-0.2, 0) is 0 Å². The average molecular weight is 569 g/mol. The second-order valence-electron chi connectivity index (χ2n) is 8.71. The third-order valence-electron chi connectivity index (χ3n) is 6.12. The van der Waals surface area contributed by atoms with E-state index in [9.17, 15) is 9.90 Å². The first kappa shape index (κ1) is 26.4. The van der Waals surface area contributed by atoms with E-state index in [4.69, 9.17) is 21.1 Å². The zero-order valence-electron chi connectivity index (χ0n) is 21.2. The highest BCUT2D eigenvalue weighted by molar-refractivity contribution is 7.21. The van der Waals surface area contributed by atoms with Crippen LogP contribution in [0.4, 0.5) is 14.9 Å². The number of anilines is 1. The van der Waals surface area contributed by atoms with Crippen LogP contribution in [0.25, 0.3) is 31.8 Å². The molecule has 0 saturated heterocycles. The molecule has 0 aliphatic carbocycles. The smallest absolute Gasteiger partial charge is 0.412 e. The summed E-state index contributed by atoms with van der Waals surface area (Å²) >= 11 is 7.65. The third-order valence-corrected chi connectivity index (χ3v) is 7.39. The molecule has 200 valence electrons. The molecule has 0 aliphatic heterocycles. The summed E-state index contributed by atoms with van der Waals surface area (Å²) in [6.45, 7) is 5.04. The van der Waals surface area contributed by atoms with Crippen molar-refractivity contribution in [3.05, 3.63) is 59.5 Å². The van der Waals surface area contributed by atoms with Gasteiger partial charge in [0.2, 0.25) is 5.88 Å². The Balaban J connectivity index is 1.46. The quantitative estimate of drug-likeness (QED) is 0.246. The van der Waals surface area contributed by atoms with Gasteiger partial charge in [0.1, 0.15) is 16.9 Å². The maximum absolute atomic E-state index is 15.1. The van der Waals surface area contributed by atoms with Gasteiger partial charge in [-0.3, -0.25) is 4.90 Å². The molecule has 0 spiro atoms. The highest BCUT2D eigenvalue weighted by atomic mass is 35.5. The molecule has 2 aromatic carbocycles. The number of nitrogens with zero attached hydrogens (tertiary/aromatic N) is 6. The lowest BCUT2D eigenvalue weighted by Crippen LogP contribution is -2.46. The number of methoxy groups -OCH3 is 1. The van der Waals surface area contributed by atoms with Crippen molar-refractivity contribution in [2.75, 3.05) is 12.0 Å². The van der Waals surface area contributed by atoms with Gasteiger partial charge in [0.25, 0.3) is 0 Å². The molecular formula is C26H22ClFN6O4S. The van der Waals surface area contributed by atoms with E-state index in [1.54, 1.807) is 39.0 Å². The van der Waals surface area contributed by atoms with Crippen molar-refractivity contribution in [2.24, 2.45) is 0 Å². The van der Waals surface area contributed by atoms with Crippen molar-refractivity contribution in [1.82, 2.24) is 24.9 Å². The molecule has 0 radical (unpaired) electrons. The average Bonchev–Trinajstić information content (AvgIpc) is 3.31. The van der Waals surface area contributed by atoms with Gasteiger partial charge in [-0.05, 0) is 32.9 Å². The summed E-state index contributed by atoms with van der Waals surface area (Å²) in [5.41, 5.74) is 2.48. The number of benzene rings is 2. The first-order valence-electron chi connectivity index (χ1n) is 11.7. The van der Waals surface area contributed by atoms with Crippen molar-refractivity contribution >= 4 is 56.0 Å². The van der Waals surface area contributed by atoms with Crippen LogP contribution in [0.15, 0.2) is 42.9 Å². The first-order chi connectivity index (χ1) is 18.6. The van der Waals surface area contributed by atoms with Gasteiger partial charge >= 0.3 is 6.09 Å². The Bertz CT molecular complexity index is 1700. The molecule has 5 rings (SSSR count). The number of aromatic nitrogens is 5. The highest BCUT2D eigenvalue weighted by Gasteiger charge is 2.29. The van der Waals surface area contributed by atoms with E-state index in [0.717, 1.165) is 4.90 Å². The van der Waals surface area contributed by atoms with Crippen molar-refractivity contribution < 1.29 is 23.8 Å². The van der Waals surface area contributed by atoms with Crippen molar-refractivity contribution in [3.63, 3.8) is 0 Å². The van der Waals surface area contributed by atoms with E-state index in [1.807, 2.05) is 0 Å². The van der Waals surface area contributed by atoms with Crippen LogP contribution in [-0.4, -0.2) is 55.4 Å². The standard InChI is InChI=1S/C26H22ClFN6O4S/c1-12(34(26(35)36)16-9-29-14(3)30-10-16)13(2)38-21-8-22-19(7-18(21)28)33-25(39-22)17-5-15(27)6-20-24(17)31-11-23(32-20)37-4/h5-13H,1-4H3,(H,35,36)/t12-,13+/m1/s1. The van der Waals surface area contributed by atoms with Crippen LogP contribution in [0.3, 0.4) is 0 Å². The topological polar surface area (TPSA) is 123 Å². The largest absolute Gasteiger partial charge is 0.485 e. The summed E-state index contributed by atoms with van der Waals surface area (Å²) in [6.07, 6.45) is 2.42. The minimum absolute atomic E-state index is 0.0250. The van der Waals surface area contributed by atoms with Crippen molar-refractivity contribution in [3.8, 4) is 22.2 Å². The Hall–Kier alpha value is -4.16. The Morgan fingerprint density at radius 2 is 1.82 bits per heavy atom. The summed E-state index contributed by atoms with van der Waals surface area (Å²) in [5, 5.41) is 10.8. The second kappa shape index (κ2) is 10.5. The summed E-state index contributed by atoms with van der Waals surface area (Å²) < 4.78 is 26.9. The SMILES string of the molecule is COc1cnc2c(-c3nc4cc(F)c(O[C@@H](C)[C@@H](C)N(C(=O)O)c5cnc(C)nc5)cc4s3)cc(Cl)cc2n1. The summed E-state index contributed by atoms with van der Waals surface area (Å²) in [7, 11) is 1.50. The number of fused-ring (bicyclic) bond motifs is 2. The molecule has 1 N–H and O–H groups in total. The van der Waals surface area contributed by atoms with E-state index >= 15 is 4.39 Å². The molecule has 13 heteroatoms. The Morgan fingerprint density at radius 1 is 1.08 bits per heavy atom. The minimum Gasteiger partial charge on any atom is -0.485 e. The monoisotopic (exact) mass is 568 g/mol. The highest BCUT2D eigenvalue weighted by Crippen LogP contribution is 2.38. The lowest BCUT2D eigenvalue weighted by molar-refractivity contribution is 0.167. The fraction of sp³-hybridized carbons (Fsp3) is 0.231. The van der Waals surface area contributed by atoms with Crippen molar-refractivity contribution in [2.45, 2.75) is 32.9 Å². The summed E-state index contributed by atoms with van der Waals surface area (Å²) in [4.78, 5) is 34.7. The minimum atomic E-state index is -1.21. The van der Waals surface area contributed by atoms with Crippen LogP contribution >= 0.6 is 22.9 Å². The van der Waals surface area contributed by atoms with Gasteiger partial charge in [0.15, 0.2) is 11.6 Å². The summed E-state index contributed by atoms with van der Waals surface area (Å²) in [5.74, 6) is 0.212. The van der Waals surface area contributed by atoms with Gasteiger partial charge in [0.05, 0.1) is 58.7 Å². The van der Waals surface area contributed by atoms with Crippen molar-refractivity contribution in [1.29, 1.82) is 0 Å². The Morgan fingerprint density at radius 3 is 2.51 bits per heavy atom. The van der Waals surface area contributed by atoms with E-state index in [0.29, 0.717) is 48.5 Å². The number of aryl methyl sites for hydroxylation is 1. The van der Waals surface area contributed by atoms with Crippen LogP contribution in [0, 0.1) is 12.7 Å². The molecule has 0 unspecified atom stereocenters. The van der Waals surface area contributed by atoms with Crippen LogP contribution in [0.2, 0.25) is 5.02 Å². The third kappa shape index (κ3) is 5.25. The van der Waals surface area contributed by atoms with Gasteiger partial charge in [-0.2, -0.15) is 0 Å². The summed E-state index contributed by atoms with van der Waals surface area (Å²) in [6, 6.07) is 5.56. The number of halogens is 2. The van der Waals surface area contributed by atoms with E-state index in [-0.39, 0.29) is 11.4 Å². The Labute approximate surface area is 231 Å². The van der Waals surface area contributed by atoms with Gasteiger partial charge in [-0.15, -0.1) is 11.3 Å². The molecule has 0 saturated carbocycles. The van der Waals surface area contributed by atoms with Crippen LogP contribution in [0.1, 0.15) is 19.7 Å². The van der Waals surface area contributed by atoms with E-state index in [2.05, 4.69) is 24.9 Å². The zero-order chi connectivity index (χ0) is 27.8. The number of hydrogen-bond donors (Lipinski definition) is 1. The zero-order valence-corrected chi connectivity index (χ0v) is 22.8. The molecule has 3 aromatic heterocycles. The van der Waals surface area contributed by atoms with E-state index in [1.165, 1.54) is 43.1 Å². The van der Waals surface area contributed by atoms with E-state index < -0.39 is 24.1 Å². The molecule has 5 aromatic rings. The maximum Gasteiger partial charge on any atom is 0.412 e. The molecule has 1 amide bonds. The molecular weight excluding hydrogens is 547 g/mol. The normalized spacial score (nSPS) is 12.9. The van der Waals surface area contributed by atoms with Crippen LogP contribution in [0.5, 0.6) is 11.6 Å². The lowest BCUT2D eigenvalue weighted by Gasteiger charge is -2.30. The fourth-order valence-corrected chi connectivity index (χ4v) is 5.21. The van der Waals surface area contributed by atoms with Gasteiger partial charge in [-0.1, -0.05) is 11.6 Å². The molecule has 2 atom stereocenters. The van der Waals surface area contributed by atoms with Gasteiger partial charge in [0, 0.05) is 22.7 Å². The lowest BCUT2D eigenvalue weighted by atomic mass is 10.1. The molecule has 0 fully saturated rings. The number of amides is 1. The number of carboxylic acid groups (broad SMARTS) is 1. The number of rotatable bonds is 7. The number of thiazole rings is 1. The second-order valence-corrected chi connectivity index (χ2v) is 10.2. The molecule has 0 aliphatic rings. The fourth-order valence-electron chi connectivity index (χ4n) is 4.01. The first-order valence-corrected chi connectivity index (χ1v) is 12.9. The predicted molar refractivity (Wildman–Crippen MR) is 146 cm³/mol. The molecule has 39 heavy (non-hydrogen) atoms. The molecule has 0 bridgehead atoms. The molecule has 3 heterocycles. The number of carbonyl (C=O) groups is 1. The predicted octanol–water partition coefficient (Wildman–Crippen LogP) is 6.15. The molecule has 10 nitrogen and oxygen atoms in total. The van der Waals surface area contributed by atoms with Crippen LogP contribution < -0.4 is 14.4 Å². The maximum atomic E-state index is 15.1. The van der Waals surface area contributed by atoms with Gasteiger partial charge < -0.3 is 14.6 Å². The number of hydrogen-bond acceptors (Lipinski definition) is 9. The Kier molecular flexibility index (Phi) is 7.15.